The topological polar surface area (TPSA) is 88.1 Å². The van der Waals surface area contributed by atoms with Gasteiger partial charge in [0.15, 0.2) is 6.10 Å². The summed E-state index contributed by atoms with van der Waals surface area (Å²) >= 11 is 1.78. The van der Waals surface area contributed by atoms with E-state index in [-0.39, 0.29) is 12.5 Å². The van der Waals surface area contributed by atoms with Crippen LogP contribution in [0, 0.1) is 20.8 Å². The van der Waals surface area contributed by atoms with Crippen molar-refractivity contribution >= 4 is 29.4 Å². The maximum absolute atomic E-state index is 13.4. The van der Waals surface area contributed by atoms with Crippen LogP contribution >= 0.6 is 11.8 Å². The minimum absolute atomic E-state index is 0.144. The van der Waals surface area contributed by atoms with E-state index in [1.165, 1.54) is 10.5 Å². The largest absolute Gasteiger partial charge is 0.492 e. The van der Waals surface area contributed by atoms with Crippen molar-refractivity contribution in [2.45, 2.75) is 51.5 Å². The monoisotopic (exact) mass is 564 g/mol. The Balaban J connectivity index is 1.59. The molecule has 0 saturated heterocycles. The predicted octanol–water partition coefficient (Wildman–Crippen LogP) is 6.74. The molecule has 2 amide bonds. The number of amides is 2. The molecule has 2 N–H and O–H groups in total. The zero-order valence-electron chi connectivity index (χ0n) is 23.8. The highest BCUT2D eigenvalue weighted by Gasteiger charge is 2.18. The number of carbonyl (C=O) groups is 2. The van der Waals surface area contributed by atoms with Gasteiger partial charge in [-0.2, -0.15) is 0 Å². The number of hydrogen-bond donors (Lipinski definition) is 2. The van der Waals surface area contributed by atoms with E-state index in [2.05, 4.69) is 36.5 Å². The summed E-state index contributed by atoms with van der Waals surface area (Å²) in [6.07, 6.45) is 0.263. The Kier molecular flexibility index (Phi) is 12.4. The first-order valence-corrected chi connectivity index (χ1v) is 14.6. The van der Waals surface area contributed by atoms with Crippen LogP contribution in [0.4, 0.5) is 10.5 Å². The summed E-state index contributed by atoms with van der Waals surface area (Å²) < 4.78 is 11.3. The zero-order valence-corrected chi connectivity index (χ0v) is 24.6. The summed E-state index contributed by atoms with van der Waals surface area (Å²) in [5.41, 5.74) is 4.95. The number of aliphatic carboxylic acids is 1. The molecule has 1 unspecified atom stereocenters. The van der Waals surface area contributed by atoms with Gasteiger partial charge < -0.3 is 24.8 Å². The number of carboxylic acids is 1. The fourth-order valence-corrected chi connectivity index (χ4v) is 5.33. The maximum atomic E-state index is 13.4. The van der Waals surface area contributed by atoms with Gasteiger partial charge >= 0.3 is 12.0 Å². The van der Waals surface area contributed by atoms with Crippen molar-refractivity contribution in [3.8, 4) is 5.75 Å². The molecule has 0 saturated carbocycles. The third-order valence-corrected chi connectivity index (χ3v) is 7.50. The number of rotatable bonds is 15. The number of urea groups is 1. The Morgan fingerprint density at radius 2 is 1.65 bits per heavy atom. The van der Waals surface area contributed by atoms with E-state index < -0.39 is 12.1 Å². The number of aryl methyl sites for hydroxylation is 3. The molecule has 3 aromatic carbocycles. The van der Waals surface area contributed by atoms with Crippen molar-refractivity contribution in [3.05, 3.63) is 89.0 Å². The van der Waals surface area contributed by atoms with Crippen LogP contribution in [0.5, 0.6) is 5.75 Å². The summed E-state index contributed by atoms with van der Waals surface area (Å²) in [7, 11) is 0. The van der Waals surface area contributed by atoms with E-state index in [4.69, 9.17) is 9.47 Å². The van der Waals surface area contributed by atoms with Crippen LogP contribution in [0.3, 0.4) is 0 Å². The minimum Gasteiger partial charge on any atom is -0.492 e. The van der Waals surface area contributed by atoms with Crippen LogP contribution in [0.25, 0.3) is 0 Å². The second-order valence-electron chi connectivity index (χ2n) is 9.68. The molecule has 0 heterocycles. The van der Waals surface area contributed by atoms with Gasteiger partial charge in [-0.1, -0.05) is 48.0 Å². The molecule has 0 radical (unpaired) electrons. The van der Waals surface area contributed by atoms with Gasteiger partial charge in [-0.15, -0.1) is 11.8 Å². The van der Waals surface area contributed by atoms with Crippen LogP contribution in [0.1, 0.15) is 35.6 Å². The first kappa shape index (κ1) is 31.0. The van der Waals surface area contributed by atoms with Gasteiger partial charge in [0.05, 0.1) is 6.54 Å². The maximum Gasteiger partial charge on any atom is 0.333 e. The number of hydrogen-bond acceptors (Lipinski definition) is 5. The first-order valence-electron chi connectivity index (χ1n) is 13.6. The molecule has 0 bridgehead atoms. The van der Waals surface area contributed by atoms with Crippen molar-refractivity contribution in [2.75, 3.05) is 37.4 Å². The summed E-state index contributed by atoms with van der Waals surface area (Å²) in [6.45, 7) is 9.56. The third-order valence-electron chi connectivity index (χ3n) is 6.40. The van der Waals surface area contributed by atoms with Crippen molar-refractivity contribution in [1.82, 2.24) is 4.90 Å². The summed E-state index contributed by atoms with van der Waals surface area (Å²) in [5, 5.41) is 12.4. The lowest BCUT2D eigenvalue weighted by Crippen LogP contribution is -2.39. The van der Waals surface area contributed by atoms with Crippen LogP contribution < -0.4 is 10.1 Å². The fraction of sp³-hybridized carbons (Fsp3) is 0.375. The number of thioether (sulfide) groups is 1. The molecule has 3 aromatic rings. The summed E-state index contributed by atoms with van der Waals surface area (Å²) in [4.78, 5) is 27.7. The van der Waals surface area contributed by atoms with Gasteiger partial charge in [0.1, 0.15) is 12.4 Å². The molecule has 8 heteroatoms. The molecule has 7 nitrogen and oxygen atoms in total. The number of anilines is 1. The number of benzene rings is 3. The van der Waals surface area contributed by atoms with Gasteiger partial charge in [0.25, 0.3) is 0 Å². The molecule has 0 aliphatic rings. The molecule has 0 aliphatic carbocycles. The lowest BCUT2D eigenvalue weighted by Gasteiger charge is -2.24. The van der Waals surface area contributed by atoms with Gasteiger partial charge in [0, 0.05) is 30.2 Å². The molecule has 1 atom stereocenters. The average molecular weight is 565 g/mol. The highest BCUT2D eigenvalue weighted by molar-refractivity contribution is 7.99. The summed E-state index contributed by atoms with van der Waals surface area (Å²) in [6, 6.07) is 21.6. The lowest BCUT2D eigenvalue weighted by molar-refractivity contribution is -0.149. The third kappa shape index (κ3) is 9.92. The standard InChI is InChI=1S/C32H40N2O5S/c1-5-38-29(31(35)36)22-26-12-14-27(15-13-26)39-18-17-34(16-9-19-40-28-10-7-6-8-11-28)32(37)33-30-24(3)20-23(2)21-25(30)4/h6-8,10-15,20-21,29H,5,9,16-19,22H2,1-4H3,(H,33,37)(H,35,36). The lowest BCUT2D eigenvalue weighted by atomic mass is 10.1. The molecule has 0 aliphatic heterocycles. The number of ether oxygens (including phenoxy) is 2. The van der Waals surface area contributed by atoms with Crippen LogP contribution in [0.2, 0.25) is 0 Å². The zero-order chi connectivity index (χ0) is 28.9. The van der Waals surface area contributed by atoms with E-state index in [0.29, 0.717) is 32.1 Å². The van der Waals surface area contributed by atoms with Crippen molar-refractivity contribution < 1.29 is 24.2 Å². The Hall–Kier alpha value is -3.49. The van der Waals surface area contributed by atoms with Crippen molar-refractivity contribution in [3.63, 3.8) is 0 Å². The van der Waals surface area contributed by atoms with Crippen molar-refractivity contribution in [2.24, 2.45) is 0 Å². The average Bonchev–Trinajstić information content (AvgIpc) is 2.93. The summed E-state index contributed by atoms with van der Waals surface area (Å²) in [5.74, 6) is 0.591. The Morgan fingerprint density at radius 3 is 2.27 bits per heavy atom. The second kappa shape index (κ2) is 15.9. The molecule has 3 rings (SSSR count). The van der Waals surface area contributed by atoms with Crippen LogP contribution in [-0.4, -0.2) is 60.2 Å². The Labute approximate surface area is 241 Å². The van der Waals surface area contributed by atoms with Gasteiger partial charge in [-0.05, 0) is 80.8 Å². The van der Waals surface area contributed by atoms with Gasteiger partial charge in [-0.25, -0.2) is 9.59 Å². The van der Waals surface area contributed by atoms with Gasteiger partial charge in [-0.3, -0.25) is 0 Å². The van der Waals surface area contributed by atoms with Gasteiger partial charge in [0.2, 0.25) is 0 Å². The molecule has 0 aromatic heterocycles. The highest BCUT2D eigenvalue weighted by Crippen LogP contribution is 2.23. The van der Waals surface area contributed by atoms with E-state index in [1.807, 2.05) is 56.3 Å². The molecular formula is C32H40N2O5S. The first-order chi connectivity index (χ1) is 19.3. The Bertz CT molecular complexity index is 1210. The predicted molar refractivity (Wildman–Crippen MR) is 162 cm³/mol. The SMILES string of the molecule is CCOC(Cc1ccc(OCCN(CCCSc2ccccc2)C(=O)Nc2c(C)cc(C)cc2C)cc1)C(=O)O. The molecule has 40 heavy (non-hydrogen) atoms. The van der Waals surface area contributed by atoms with Crippen molar-refractivity contribution in [1.29, 1.82) is 0 Å². The quantitative estimate of drug-likeness (QED) is 0.157. The highest BCUT2D eigenvalue weighted by atomic mass is 32.2. The number of carboxylic acid groups (broad SMARTS) is 1. The van der Waals surface area contributed by atoms with E-state index in [1.54, 1.807) is 23.6 Å². The number of nitrogens with one attached hydrogen (secondary N) is 1. The minimum atomic E-state index is -0.973. The smallest absolute Gasteiger partial charge is 0.333 e. The Morgan fingerprint density at radius 1 is 0.975 bits per heavy atom. The van der Waals surface area contributed by atoms with E-state index in [0.717, 1.165) is 34.6 Å². The molecule has 0 spiro atoms. The normalized spacial score (nSPS) is 11.6. The van der Waals surface area contributed by atoms with Crippen LogP contribution in [0.15, 0.2) is 71.6 Å². The van der Waals surface area contributed by atoms with E-state index >= 15 is 0 Å². The molecule has 214 valence electrons. The van der Waals surface area contributed by atoms with Crippen LogP contribution in [-0.2, 0) is 16.0 Å². The van der Waals surface area contributed by atoms with E-state index in [9.17, 15) is 14.7 Å². The second-order valence-corrected chi connectivity index (χ2v) is 10.9. The molecular weight excluding hydrogens is 524 g/mol. The molecule has 0 fully saturated rings. The number of carbonyl (C=O) groups excluding carboxylic acids is 1. The fourth-order valence-electron chi connectivity index (χ4n) is 4.47. The number of nitrogens with zero attached hydrogens (tertiary/aromatic N) is 1.